The molecule has 178 valence electrons. The summed E-state index contributed by atoms with van der Waals surface area (Å²) in [6.07, 6.45) is 7.78. The lowest BCUT2D eigenvalue weighted by Gasteiger charge is -2.61. The lowest BCUT2D eigenvalue weighted by molar-refractivity contribution is -0.165. The van der Waals surface area contributed by atoms with Crippen LogP contribution >= 0.6 is 0 Å². The first-order valence-electron chi connectivity index (χ1n) is 12.8. The average molecular weight is 443 g/mol. The van der Waals surface area contributed by atoms with E-state index in [0.717, 1.165) is 44.8 Å². The van der Waals surface area contributed by atoms with Gasteiger partial charge in [-0.2, -0.15) is 5.26 Å². The zero-order valence-electron chi connectivity index (χ0n) is 20.9. The van der Waals surface area contributed by atoms with E-state index in [-0.39, 0.29) is 28.8 Å². The highest BCUT2D eigenvalue weighted by Crippen LogP contribution is 2.73. The Morgan fingerprint density at radius 3 is 2.47 bits per heavy atom. The molecule has 2 bridgehead atoms. The van der Waals surface area contributed by atoms with Crippen molar-refractivity contribution in [3.8, 4) is 6.07 Å². The van der Waals surface area contributed by atoms with Gasteiger partial charge in [-0.25, -0.2) is 0 Å². The van der Waals surface area contributed by atoms with Gasteiger partial charge in [0.25, 0.3) is 0 Å². The summed E-state index contributed by atoms with van der Waals surface area (Å²) in [5.74, 6) is 1.10. The van der Waals surface area contributed by atoms with Crippen molar-refractivity contribution in [2.75, 3.05) is 0 Å². The second-order valence-electron chi connectivity index (χ2n) is 10.7. The van der Waals surface area contributed by atoms with Crippen molar-refractivity contribution >= 4 is 12.3 Å². The van der Waals surface area contributed by atoms with Crippen LogP contribution in [0.15, 0.2) is 11.3 Å². The first-order chi connectivity index (χ1) is 15.2. The number of carbonyl (C=O) groups is 2. The second kappa shape index (κ2) is 8.84. The number of aldehydes is 1. The number of nitrogens with two attached hydrogens (primary N) is 1. The van der Waals surface area contributed by atoms with E-state index in [9.17, 15) is 14.9 Å². The van der Waals surface area contributed by atoms with Gasteiger partial charge in [0, 0.05) is 29.0 Å². The summed E-state index contributed by atoms with van der Waals surface area (Å²) in [5.41, 5.74) is 6.80. The molecule has 32 heavy (non-hydrogen) atoms. The molecule has 0 heterocycles. The molecule has 0 radical (unpaired) electrons. The van der Waals surface area contributed by atoms with Crippen LogP contribution < -0.4 is 5.73 Å². The molecule has 4 aliphatic rings. The largest absolute Gasteiger partial charge is 0.462 e. The molecule has 3 fully saturated rings. The highest BCUT2D eigenvalue weighted by molar-refractivity contribution is 5.80. The van der Waals surface area contributed by atoms with E-state index in [1.807, 2.05) is 20.8 Å². The minimum absolute atomic E-state index is 0.0341. The van der Waals surface area contributed by atoms with Gasteiger partial charge < -0.3 is 10.5 Å². The first-order valence-corrected chi connectivity index (χ1v) is 12.8. The number of allylic oxidation sites excluding steroid dienone is 2. The summed E-state index contributed by atoms with van der Waals surface area (Å²) in [7, 11) is 0. The Balaban J connectivity index is 0.00000141. The zero-order valence-corrected chi connectivity index (χ0v) is 20.9. The Morgan fingerprint density at radius 2 is 1.91 bits per heavy atom. The normalized spacial score (nSPS) is 44.0. The number of nitriles is 1. The van der Waals surface area contributed by atoms with Crippen molar-refractivity contribution in [3.05, 3.63) is 11.3 Å². The van der Waals surface area contributed by atoms with Crippen LogP contribution in [0, 0.1) is 51.2 Å². The maximum Gasteiger partial charge on any atom is 0.305 e. The lowest BCUT2D eigenvalue weighted by atomic mass is 9.41. The fourth-order valence-electron chi connectivity index (χ4n) is 8.40. The fraction of sp³-hybridized carbons (Fsp3) is 0.815. The van der Waals surface area contributed by atoms with Crippen LogP contribution in [0.5, 0.6) is 0 Å². The van der Waals surface area contributed by atoms with Gasteiger partial charge in [-0.05, 0) is 61.7 Å². The predicted octanol–water partition coefficient (Wildman–Crippen LogP) is 5.54. The molecule has 0 aromatic carbocycles. The number of fused-ring (bicyclic) bond motifs is 6. The van der Waals surface area contributed by atoms with Gasteiger partial charge in [-0.1, -0.05) is 48.0 Å². The van der Waals surface area contributed by atoms with Crippen LogP contribution in [0.3, 0.4) is 0 Å². The zero-order chi connectivity index (χ0) is 23.9. The van der Waals surface area contributed by atoms with Crippen LogP contribution in [0.2, 0.25) is 0 Å². The molecule has 5 unspecified atom stereocenters. The Bertz CT molecular complexity index is 829. The van der Waals surface area contributed by atoms with Gasteiger partial charge in [-0.15, -0.1) is 0 Å². The quantitative estimate of drug-likeness (QED) is 0.446. The number of rotatable bonds is 5. The van der Waals surface area contributed by atoms with Crippen LogP contribution in [-0.2, 0) is 14.3 Å². The number of carbonyl (C=O) groups excluding carboxylic acids is 2. The summed E-state index contributed by atoms with van der Waals surface area (Å²) >= 11 is 0. The number of esters is 1. The lowest BCUT2D eigenvalue weighted by Crippen LogP contribution is -2.58. The molecule has 2 N–H and O–H groups in total. The highest BCUT2D eigenvalue weighted by atomic mass is 16.5. The standard InChI is InChI=1S/C25H36N2O3.C2H6/c1-5-10-24(4)17-9-11-23(3)16(7-8-19(23)30-20(29)6-2)21(17)15-12-25(24,14-26)18(13-28)22(15)27;1-2/h13,15-17,19,21H,5-12,27H2,1-4H3;1-2H3/t15-,16?,17?,19+,21?,23?,24?,25+;/m1./s1. The second-order valence-corrected chi connectivity index (χ2v) is 10.7. The Hall–Kier alpha value is -1.83. The number of hydrogen-bond acceptors (Lipinski definition) is 5. The number of hydrogen-bond donors (Lipinski definition) is 1. The molecule has 4 aliphatic carbocycles. The van der Waals surface area contributed by atoms with Gasteiger partial charge in [0.15, 0.2) is 0 Å². The van der Waals surface area contributed by atoms with Crippen LogP contribution in [0.1, 0.15) is 92.9 Å². The minimum Gasteiger partial charge on any atom is -0.462 e. The van der Waals surface area contributed by atoms with Crippen molar-refractivity contribution in [2.45, 2.75) is 99.0 Å². The van der Waals surface area contributed by atoms with Crippen molar-refractivity contribution in [1.82, 2.24) is 0 Å². The molecule has 0 aromatic rings. The third-order valence-electron chi connectivity index (χ3n) is 9.84. The summed E-state index contributed by atoms with van der Waals surface area (Å²) in [6, 6.07) is 2.62. The molecule has 0 spiro atoms. The van der Waals surface area contributed by atoms with Crippen LogP contribution in [0.4, 0.5) is 0 Å². The van der Waals surface area contributed by atoms with Gasteiger partial charge in [-0.3, -0.25) is 9.59 Å². The van der Waals surface area contributed by atoms with Crippen LogP contribution in [-0.4, -0.2) is 18.4 Å². The molecule has 8 atom stereocenters. The molecular formula is C27H42N2O3. The van der Waals surface area contributed by atoms with Gasteiger partial charge >= 0.3 is 5.97 Å². The molecule has 4 rings (SSSR count). The van der Waals surface area contributed by atoms with Gasteiger partial charge in [0.1, 0.15) is 12.4 Å². The smallest absolute Gasteiger partial charge is 0.305 e. The van der Waals surface area contributed by atoms with Crippen molar-refractivity contribution in [3.63, 3.8) is 0 Å². The number of nitrogens with zero attached hydrogens (tertiary/aromatic N) is 1. The molecule has 3 saturated carbocycles. The van der Waals surface area contributed by atoms with E-state index < -0.39 is 5.41 Å². The molecule has 5 heteroatoms. The molecule has 0 aliphatic heterocycles. The third-order valence-corrected chi connectivity index (χ3v) is 9.84. The molecule has 0 aromatic heterocycles. The summed E-state index contributed by atoms with van der Waals surface area (Å²) < 4.78 is 5.91. The van der Waals surface area contributed by atoms with E-state index in [0.29, 0.717) is 41.9 Å². The maximum atomic E-state index is 12.2. The molecule has 5 nitrogen and oxygen atoms in total. The maximum absolute atomic E-state index is 12.2. The number of ether oxygens (including phenoxy) is 1. The molecule has 0 amide bonds. The molecular weight excluding hydrogens is 400 g/mol. The van der Waals surface area contributed by atoms with Crippen LogP contribution in [0.25, 0.3) is 0 Å². The van der Waals surface area contributed by atoms with E-state index in [2.05, 4.69) is 26.8 Å². The summed E-state index contributed by atoms with van der Waals surface area (Å²) in [5, 5.41) is 10.4. The van der Waals surface area contributed by atoms with E-state index in [4.69, 9.17) is 10.5 Å². The minimum atomic E-state index is -0.763. The molecule has 0 saturated heterocycles. The van der Waals surface area contributed by atoms with E-state index in [1.165, 1.54) is 0 Å². The van der Waals surface area contributed by atoms with E-state index >= 15 is 0 Å². The average Bonchev–Trinajstić information content (AvgIpc) is 3.27. The Labute approximate surface area is 194 Å². The Kier molecular flexibility index (Phi) is 6.85. The first kappa shape index (κ1) is 24.8. The van der Waals surface area contributed by atoms with Crippen molar-refractivity contribution in [1.29, 1.82) is 5.26 Å². The van der Waals surface area contributed by atoms with Crippen molar-refractivity contribution in [2.24, 2.45) is 45.7 Å². The van der Waals surface area contributed by atoms with Gasteiger partial charge in [0.2, 0.25) is 0 Å². The monoisotopic (exact) mass is 442 g/mol. The predicted molar refractivity (Wildman–Crippen MR) is 125 cm³/mol. The van der Waals surface area contributed by atoms with E-state index in [1.54, 1.807) is 0 Å². The summed E-state index contributed by atoms with van der Waals surface area (Å²) in [6.45, 7) is 12.6. The highest BCUT2D eigenvalue weighted by Gasteiger charge is 2.70. The van der Waals surface area contributed by atoms with Crippen molar-refractivity contribution < 1.29 is 14.3 Å². The fourth-order valence-corrected chi connectivity index (χ4v) is 8.40. The summed E-state index contributed by atoms with van der Waals surface area (Å²) in [4.78, 5) is 24.2. The topological polar surface area (TPSA) is 93.2 Å². The SMILES string of the molecule is CC.CCCC1(C)C2CCC3(C)C(CC[C@@H]3OC(=O)CC)C2[C@H]2C[C@]1(C#N)C(C=O)=C2N. The Morgan fingerprint density at radius 1 is 1.22 bits per heavy atom. The van der Waals surface area contributed by atoms with Gasteiger partial charge in [0.05, 0.1) is 11.5 Å². The third kappa shape index (κ3) is 3.08.